The Kier molecular flexibility index (Phi) is 6.90. The molecule has 1 unspecified atom stereocenters. The second-order valence-corrected chi connectivity index (χ2v) is 7.17. The number of nitro groups is 1. The molecule has 0 bridgehead atoms. The molecule has 0 aliphatic carbocycles. The third kappa shape index (κ3) is 5.03. The lowest BCUT2D eigenvalue weighted by atomic mass is 10.0. The molecule has 2 aromatic rings. The van der Waals surface area contributed by atoms with Crippen molar-refractivity contribution in [3.63, 3.8) is 0 Å². The molecule has 0 saturated carbocycles. The third-order valence-corrected chi connectivity index (χ3v) is 5.26. The number of thioether (sulfide) groups is 1. The molecule has 0 aliphatic heterocycles. The number of carbonyl (C=O) groups excluding carboxylic acids is 1. The molecule has 144 valence electrons. The second kappa shape index (κ2) is 8.94. The van der Waals surface area contributed by atoms with Gasteiger partial charge in [0.2, 0.25) is 5.91 Å². The molecule has 1 aromatic carbocycles. The van der Waals surface area contributed by atoms with Crippen LogP contribution in [-0.2, 0) is 11.2 Å². The van der Waals surface area contributed by atoms with E-state index in [9.17, 15) is 14.9 Å². The molecule has 27 heavy (non-hydrogen) atoms. The summed E-state index contributed by atoms with van der Waals surface area (Å²) in [5.74, 6) is -0.0262. The fourth-order valence-corrected chi connectivity index (χ4v) is 3.36. The molecule has 2 rings (SSSR count). The van der Waals surface area contributed by atoms with Crippen LogP contribution in [0.1, 0.15) is 41.9 Å². The molecule has 0 spiro atoms. The van der Waals surface area contributed by atoms with E-state index in [1.54, 1.807) is 24.1 Å². The Morgan fingerprint density at radius 2 is 1.93 bits per heavy atom. The zero-order valence-electron chi connectivity index (χ0n) is 16.2. The van der Waals surface area contributed by atoms with Gasteiger partial charge in [-0.2, -0.15) is 0 Å². The van der Waals surface area contributed by atoms with Gasteiger partial charge in [-0.05, 0) is 44.6 Å². The minimum Gasteiger partial charge on any atom is -0.339 e. The van der Waals surface area contributed by atoms with Crippen LogP contribution in [-0.4, -0.2) is 39.0 Å². The first-order chi connectivity index (χ1) is 12.7. The number of nitro benzene ring substituents is 1. The summed E-state index contributed by atoms with van der Waals surface area (Å²) in [6.45, 7) is 5.73. The van der Waals surface area contributed by atoms with E-state index in [-0.39, 0.29) is 17.6 Å². The van der Waals surface area contributed by atoms with Crippen LogP contribution < -0.4 is 0 Å². The van der Waals surface area contributed by atoms with Crippen LogP contribution in [0.4, 0.5) is 5.69 Å². The molecular formula is C19H24N4O3S. The van der Waals surface area contributed by atoms with Gasteiger partial charge in [0.05, 0.1) is 11.0 Å². The highest BCUT2D eigenvalue weighted by Crippen LogP contribution is 2.24. The molecule has 7 nitrogen and oxygen atoms in total. The van der Waals surface area contributed by atoms with E-state index in [0.717, 1.165) is 27.7 Å². The number of non-ortho nitro benzene ring substituents is 1. The van der Waals surface area contributed by atoms with E-state index in [2.05, 4.69) is 9.97 Å². The lowest BCUT2D eigenvalue weighted by molar-refractivity contribution is -0.384. The van der Waals surface area contributed by atoms with Crippen molar-refractivity contribution < 1.29 is 9.72 Å². The number of hydrogen-bond donors (Lipinski definition) is 0. The number of aryl methyl sites for hydroxylation is 2. The topological polar surface area (TPSA) is 89.2 Å². The molecule has 0 radical (unpaired) electrons. The van der Waals surface area contributed by atoms with Crippen molar-refractivity contribution in [1.29, 1.82) is 0 Å². The first kappa shape index (κ1) is 20.8. The van der Waals surface area contributed by atoms with Gasteiger partial charge < -0.3 is 4.90 Å². The van der Waals surface area contributed by atoms with Gasteiger partial charge in [-0.3, -0.25) is 14.9 Å². The van der Waals surface area contributed by atoms with E-state index >= 15 is 0 Å². The molecule has 0 N–H and O–H groups in total. The fourth-order valence-electron chi connectivity index (χ4n) is 2.91. The standard InChI is InChI=1S/C19H24N4O3S/c1-12-17(13(2)21-19(20-12)27-5)9-10-18(24)22(4)14(3)15-7-6-8-16(11-15)23(25)26/h6-8,11,14H,9-10H2,1-5H3. The normalized spacial score (nSPS) is 11.9. The van der Waals surface area contributed by atoms with E-state index < -0.39 is 4.92 Å². The Hall–Kier alpha value is -2.48. The highest BCUT2D eigenvalue weighted by Gasteiger charge is 2.20. The van der Waals surface area contributed by atoms with Crippen LogP contribution in [0, 0.1) is 24.0 Å². The van der Waals surface area contributed by atoms with Gasteiger partial charge in [-0.15, -0.1) is 0 Å². The third-order valence-electron chi connectivity index (χ3n) is 4.71. The van der Waals surface area contributed by atoms with E-state index in [4.69, 9.17) is 0 Å². The summed E-state index contributed by atoms with van der Waals surface area (Å²) in [4.78, 5) is 33.7. The van der Waals surface area contributed by atoms with E-state index in [1.807, 2.05) is 27.0 Å². The number of carbonyl (C=O) groups is 1. The highest BCUT2D eigenvalue weighted by molar-refractivity contribution is 7.98. The summed E-state index contributed by atoms with van der Waals surface area (Å²) >= 11 is 1.49. The Morgan fingerprint density at radius 1 is 1.30 bits per heavy atom. The molecule has 1 heterocycles. The van der Waals surface area contributed by atoms with Crippen LogP contribution in [0.2, 0.25) is 0 Å². The van der Waals surface area contributed by atoms with E-state index in [0.29, 0.717) is 12.8 Å². The van der Waals surface area contributed by atoms with Crippen molar-refractivity contribution in [2.75, 3.05) is 13.3 Å². The van der Waals surface area contributed by atoms with Gasteiger partial charge in [-0.25, -0.2) is 9.97 Å². The lowest BCUT2D eigenvalue weighted by Gasteiger charge is -2.25. The largest absolute Gasteiger partial charge is 0.339 e. The van der Waals surface area contributed by atoms with Crippen LogP contribution in [0.5, 0.6) is 0 Å². The maximum absolute atomic E-state index is 12.6. The number of nitrogens with zero attached hydrogens (tertiary/aromatic N) is 4. The van der Waals surface area contributed by atoms with Gasteiger partial charge in [0, 0.05) is 37.0 Å². The zero-order valence-corrected chi connectivity index (χ0v) is 17.0. The van der Waals surface area contributed by atoms with Crippen molar-refractivity contribution in [2.45, 2.75) is 44.8 Å². The zero-order chi connectivity index (χ0) is 20.1. The van der Waals surface area contributed by atoms with Crippen LogP contribution in [0.15, 0.2) is 29.4 Å². The van der Waals surface area contributed by atoms with Crippen molar-refractivity contribution in [3.8, 4) is 0 Å². The number of hydrogen-bond acceptors (Lipinski definition) is 6. The molecule has 0 fully saturated rings. The van der Waals surface area contributed by atoms with Crippen molar-refractivity contribution in [3.05, 3.63) is 56.9 Å². The summed E-state index contributed by atoms with van der Waals surface area (Å²) in [5.41, 5.74) is 3.55. The van der Waals surface area contributed by atoms with Gasteiger partial charge >= 0.3 is 0 Å². The molecular weight excluding hydrogens is 364 g/mol. The van der Waals surface area contributed by atoms with Gasteiger partial charge in [0.25, 0.3) is 5.69 Å². The maximum Gasteiger partial charge on any atom is 0.269 e. The highest BCUT2D eigenvalue weighted by atomic mass is 32.2. The lowest BCUT2D eigenvalue weighted by Crippen LogP contribution is -2.30. The number of benzene rings is 1. The summed E-state index contributed by atoms with van der Waals surface area (Å²) in [7, 11) is 1.72. The van der Waals surface area contributed by atoms with Crippen molar-refractivity contribution >= 4 is 23.4 Å². The van der Waals surface area contributed by atoms with Crippen LogP contribution in [0.3, 0.4) is 0 Å². The van der Waals surface area contributed by atoms with Gasteiger partial charge in [0.15, 0.2) is 5.16 Å². The number of aromatic nitrogens is 2. The Labute approximate surface area is 163 Å². The monoisotopic (exact) mass is 388 g/mol. The van der Waals surface area contributed by atoms with Gasteiger partial charge in [0.1, 0.15) is 0 Å². The van der Waals surface area contributed by atoms with Crippen LogP contribution >= 0.6 is 11.8 Å². The summed E-state index contributed by atoms with van der Waals surface area (Å²) < 4.78 is 0. The van der Waals surface area contributed by atoms with Crippen molar-refractivity contribution in [1.82, 2.24) is 14.9 Å². The summed E-state index contributed by atoms with van der Waals surface area (Å²) in [6, 6.07) is 6.14. The SMILES string of the molecule is CSc1nc(C)c(CCC(=O)N(C)C(C)c2cccc([N+](=O)[O-])c2)c(C)n1. The fraction of sp³-hybridized carbons (Fsp3) is 0.421. The first-order valence-electron chi connectivity index (χ1n) is 8.62. The molecule has 8 heteroatoms. The Morgan fingerprint density at radius 3 is 2.48 bits per heavy atom. The molecule has 0 aliphatic rings. The Balaban J connectivity index is 2.07. The quantitative estimate of drug-likeness (QED) is 0.309. The molecule has 1 amide bonds. The predicted octanol–water partition coefficient (Wildman–Crippen LogP) is 3.88. The first-order valence-corrected chi connectivity index (χ1v) is 9.85. The van der Waals surface area contributed by atoms with Gasteiger partial charge in [-0.1, -0.05) is 23.9 Å². The number of rotatable bonds is 7. The smallest absolute Gasteiger partial charge is 0.269 e. The minimum absolute atomic E-state index is 0.0254. The maximum atomic E-state index is 12.6. The molecule has 1 aromatic heterocycles. The Bertz CT molecular complexity index is 834. The van der Waals surface area contributed by atoms with Crippen LogP contribution in [0.25, 0.3) is 0 Å². The average Bonchev–Trinajstić information content (AvgIpc) is 2.65. The summed E-state index contributed by atoms with van der Waals surface area (Å²) in [5, 5.41) is 11.7. The average molecular weight is 388 g/mol. The minimum atomic E-state index is -0.429. The second-order valence-electron chi connectivity index (χ2n) is 6.39. The molecule has 0 saturated heterocycles. The molecule has 1 atom stereocenters. The van der Waals surface area contributed by atoms with Crippen molar-refractivity contribution in [2.24, 2.45) is 0 Å². The summed E-state index contributed by atoms with van der Waals surface area (Å²) in [6.07, 6.45) is 2.83. The predicted molar refractivity (Wildman–Crippen MR) is 106 cm³/mol. The van der Waals surface area contributed by atoms with E-state index in [1.165, 1.54) is 23.9 Å². The number of amides is 1.